The molecule has 0 bridgehead atoms. The highest BCUT2D eigenvalue weighted by atomic mass is 14.9. The van der Waals surface area contributed by atoms with E-state index in [1.165, 1.54) is 42.4 Å². The average Bonchev–Trinajstić information content (AvgIpc) is 2.69. The number of rotatable bonds is 6. The molecule has 136 valence electrons. The topological polar surface area (TPSA) is 16.4 Å². The fraction of sp³-hybridized carbons (Fsp3) is 0.458. The molecule has 1 aliphatic carbocycles. The molecule has 1 fully saturated rings. The molecule has 2 nitrogen and oxygen atoms in total. The van der Waals surface area contributed by atoms with E-state index < -0.39 is 0 Å². The van der Waals surface area contributed by atoms with E-state index in [1.807, 2.05) is 0 Å². The Balaban J connectivity index is 1.52. The highest BCUT2D eigenvalue weighted by Crippen LogP contribution is 2.42. The minimum absolute atomic E-state index is 0.247. The summed E-state index contributed by atoms with van der Waals surface area (Å²) in [5.41, 5.74) is 4.13. The van der Waals surface area contributed by atoms with E-state index in [-0.39, 0.29) is 5.41 Å². The fourth-order valence-electron chi connectivity index (χ4n) is 4.18. The van der Waals surface area contributed by atoms with Gasteiger partial charge in [0.25, 0.3) is 0 Å². The largest absolute Gasteiger partial charge is 0.316 e. The van der Waals surface area contributed by atoms with Crippen LogP contribution in [0, 0.1) is 17.9 Å². The smallest absolute Gasteiger partial charge is 0.220 e. The normalized spacial score (nSPS) is 22.9. The summed E-state index contributed by atoms with van der Waals surface area (Å²) in [5.74, 6) is 0.600. The first kappa shape index (κ1) is 18.7. The van der Waals surface area contributed by atoms with Gasteiger partial charge in [0, 0.05) is 18.0 Å². The summed E-state index contributed by atoms with van der Waals surface area (Å²) in [6, 6.07) is 20.0. The SMILES string of the molecule is [C-]#[N+]CC1(C(C)C)CCC(NCc2ccc(-c3ccccc3)cc2)CC1. The summed E-state index contributed by atoms with van der Waals surface area (Å²) in [6.45, 7) is 13.5. The molecule has 0 saturated heterocycles. The lowest BCUT2D eigenvalue weighted by molar-refractivity contribution is 0.119. The molecule has 0 heterocycles. The molecule has 0 unspecified atom stereocenters. The molecule has 26 heavy (non-hydrogen) atoms. The van der Waals surface area contributed by atoms with E-state index in [0.29, 0.717) is 18.5 Å². The molecule has 0 aliphatic heterocycles. The average molecular weight is 347 g/mol. The van der Waals surface area contributed by atoms with Crippen LogP contribution in [0.5, 0.6) is 0 Å². The molecule has 0 amide bonds. The molecule has 3 rings (SSSR count). The zero-order chi connectivity index (χ0) is 18.4. The van der Waals surface area contributed by atoms with Crippen molar-refractivity contribution >= 4 is 0 Å². The quantitative estimate of drug-likeness (QED) is 0.640. The predicted molar refractivity (Wildman–Crippen MR) is 110 cm³/mol. The van der Waals surface area contributed by atoms with E-state index in [1.54, 1.807) is 0 Å². The zero-order valence-corrected chi connectivity index (χ0v) is 16.0. The summed E-state index contributed by atoms with van der Waals surface area (Å²) < 4.78 is 0. The van der Waals surface area contributed by atoms with Gasteiger partial charge in [0.1, 0.15) is 0 Å². The van der Waals surface area contributed by atoms with Gasteiger partial charge in [0.2, 0.25) is 6.54 Å². The summed E-state index contributed by atoms with van der Waals surface area (Å²) >= 11 is 0. The molecule has 1 N–H and O–H groups in total. The Labute approximate surface area is 158 Å². The minimum Gasteiger partial charge on any atom is -0.316 e. The van der Waals surface area contributed by atoms with Gasteiger partial charge < -0.3 is 10.2 Å². The van der Waals surface area contributed by atoms with E-state index in [0.717, 1.165) is 6.54 Å². The van der Waals surface area contributed by atoms with Crippen molar-refractivity contribution in [3.63, 3.8) is 0 Å². The first-order valence-electron chi connectivity index (χ1n) is 9.84. The Morgan fingerprint density at radius 2 is 1.62 bits per heavy atom. The van der Waals surface area contributed by atoms with Crippen molar-refractivity contribution in [2.45, 2.75) is 52.1 Å². The van der Waals surface area contributed by atoms with E-state index in [2.05, 4.69) is 78.6 Å². The number of hydrogen-bond acceptors (Lipinski definition) is 1. The van der Waals surface area contributed by atoms with Gasteiger partial charge in [-0.05, 0) is 48.3 Å². The molecule has 1 saturated carbocycles. The fourth-order valence-corrected chi connectivity index (χ4v) is 4.18. The van der Waals surface area contributed by atoms with Crippen LogP contribution < -0.4 is 5.32 Å². The van der Waals surface area contributed by atoms with Gasteiger partial charge in [-0.15, -0.1) is 0 Å². The van der Waals surface area contributed by atoms with Crippen LogP contribution in [0.15, 0.2) is 54.6 Å². The highest BCUT2D eigenvalue weighted by Gasteiger charge is 2.40. The van der Waals surface area contributed by atoms with Gasteiger partial charge in [-0.25, -0.2) is 6.57 Å². The number of hydrogen-bond donors (Lipinski definition) is 1. The van der Waals surface area contributed by atoms with Crippen molar-refractivity contribution in [1.82, 2.24) is 5.32 Å². The second-order valence-corrected chi connectivity index (χ2v) is 8.05. The van der Waals surface area contributed by atoms with Gasteiger partial charge in [-0.2, -0.15) is 0 Å². The van der Waals surface area contributed by atoms with Crippen LogP contribution in [0.1, 0.15) is 45.1 Å². The van der Waals surface area contributed by atoms with Crippen LogP contribution in [-0.2, 0) is 6.54 Å². The van der Waals surface area contributed by atoms with E-state index >= 15 is 0 Å². The maximum Gasteiger partial charge on any atom is 0.220 e. The van der Waals surface area contributed by atoms with E-state index in [4.69, 9.17) is 6.57 Å². The van der Waals surface area contributed by atoms with Gasteiger partial charge in [0.15, 0.2) is 0 Å². The Bertz CT molecular complexity index is 717. The van der Waals surface area contributed by atoms with Crippen molar-refractivity contribution in [2.24, 2.45) is 11.3 Å². The van der Waals surface area contributed by atoms with Crippen LogP contribution >= 0.6 is 0 Å². The Hall–Kier alpha value is -2.11. The third-order valence-electron chi connectivity index (χ3n) is 6.26. The Morgan fingerprint density at radius 1 is 1.00 bits per heavy atom. The van der Waals surface area contributed by atoms with Crippen molar-refractivity contribution in [3.8, 4) is 11.1 Å². The summed E-state index contributed by atoms with van der Waals surface area (Å²) in [6.07, 6.45) is 4.74. The monoisotopic (exact) mass is 346 g/mol. The molecule has 2 aromatic rings. The Morgan fingerprint density at radius 3 is 2.19 bits per heavy atom. The van der Waals surface area contributed by atoms with Gasteiger partial charge in [0.05, 0.1) is 0 Å². The highest BCUT2D eigenvalue weighted by molar-refractivity contribution is 5.63. The number of benzene rings is 2. The van der Waals surface area contributed by atoms with Crippen LogP contribution in [0.25, 0.3) is 16.0 Å². The second-order valence-electron chi connectivity index (χ2n) is 8.05. The maximum absolute atomic E-state index is 7.29. The standard InChI is InChI=1S/C24H30N2/c1-19(2)24(18-25-3)15-13-23(14-16-24)26-17-20-9-11-22(12-10-20)21-7-5-4-6-8-21/h4-12,19,23,26H,13-18H2,1-2H3. The van der Waals surface area contributed by atoms with Crippen LogP contribution in [-0.4, -0.2) is 12.6 Å². The number of nitrogens with zero attached hydrogens (tertiary/aromatic N) is 1. The summed E-state index contributed by atoms with van der Waals surface area (Å²) in [4.78, 5) is 3.73. The zero-order valence-electron chi connectivity index (χ0n) is 16.0. The van der Waals surface area contributed by atoms with Crippen LogP contribution in [0.2, 0.25) is 0 Å². The molecule has 1 aliphatic rings. The first-order valence-corrected chi connectivity index (χ1v) is 9.84. The molecular weight excluding hydrogens is 316 g/mol. The molecular formula is C24H30N2. The second kappa shape index (κ2) is 8.52. The molecule has 2 aromatic carbocycles. The third kappa shape index (κ3) is 4.34. The van der Waals surface area contributed by atoms with Crippen molar-refractivity contribution in [2.75, 3.05) is 6.54 Å². The number of nitrogens with one attached hydrogen (secondary N) is 1. The lowest BCUT2D eigenvalue weighted by Crippen LogP contribution is -2.41. The molecule has 0 spiro atoms. The minimum atomic E-state index is 0.247. The van der Waals surface area contributed by atoms with Crippen molar-refractivity contribution in [1.29, 1.82) is 0 Å². The van der Waals surface area contributed by atoms with Gasteiger partial charge in [-0.3, -0.25) is 0 Å². The van der Waals surface area contributed by atoms with Crippen LogP contribution in [0.3, 0.4) is 0 Å². The van der Waals surface area contributed by atoms with Crippen molar-refractivity contribution in [3.05, 3.63) is 71.6 Å². The first-order chi connectivity index (χ1) is 12.6. The third-order valence-corrected chi connectivity index (χ3v) is 6.26. The van der Waals surface area contributed by atoms with E-state index in [9.17, 15) is 0 Å². The van der Waals surface area contributed by atoms with Crippen molar-refractivity contribution < 1.29 is 0 Å². The molecule has 0 atom stereocenters. The van der Waals surface area contributed by atoms with Crippen LogP contribution in [0.4, 0.5) is 0 Å². The molecule has 0 radical (unpaired) electrons. The molecule has 0 aromatic heterocycles. The van der Waals surface area contributed by atoms with Gasteiger partial charge in [-0.1, -0.05) is 68.4 Å². The maximum atomic E-state index is 7.29. The molecule has 2 heteroatoms. The summed E-state index contributed by atoms with van der Waals surface area (Å²) in [5, 5.41) is 3.74. The lowest BCUT2D eigenvalue weighted by Gasteiger charge is -2.40. The van der Waals surface area contributed by atoms with Gasteiger partial charge >= 0.3 is 0 Å². The Kier molecular flexibility index (Phi) is 6.12. The lowest BCUT2D eigenvalue weighted by atomic mass is 9.66. The summed E-state index contributed by atoms with van der Waals surface area (Å²) in [7, 11) is 0. The predicted octanol–water partition coefficient (Wildman–Crippen LogP) is 5.95.